The summed E-state index contributed by atoms with van der Waals surface area (Å²) in [4.78, 5) is 12.4. The van der Waals surface area contributed by atoms with Crippen molar-refractivity contribution in [1.29, 1.82) is 0 Å². The van der Waals surface area contributed by atoms with E-state index in [-0.39, 0.29) is 15.9 Å². The minimum Gasteiger partial charge on any atom is -0.360 e. The molecule has 0 aliphatic heterocycles. The molecule has 24 heavy (non-hydrogen) atoms. The molecule has 2 N–H and O–H groups in total. The van der Waals surface area contributed by atoms with Gasteiger partial charge in [-0.25, -0.2) is 8.42 Å². The first-order valence-corrected chi connectivity index (χ1v) is 9.87. The fraction of sp³-hybridized carbons (Fsp3) is 0.429. The Morgan fingerprint density at radius 3 is 2.62 bits per heavy atom. The third-order valence-electron chi connectivity index (χ3n) is 3.01. The largest absolute Gasteiger partial charge is 0.360 e. The topological polar surface area (TPSA) is 101 Å². The van der Waals surface area contributed by atoms with Crippen molar-refractivity contribution in [2.24, 2.45) is 5.92 Å². The molecule has 2 aromatic heterocycles. The van der Waals surface area contributed by atoms with Crippen LogP contribution in [0.4, 0.5) is 5.82 Å². The summed E-state index contributed by atoms with van der Waals surface area (Å²) in [6, 6.07) is 3.52. The van der Waals surface area contributed by atoms with Crippen molar-refractivity contribution >= 4 is 44.7 Å². The lowest BCUT2D eigenvalue weighted by Gasteiger charge is -2.19. The second kappa shape index (κ2) is 7.64. The van der Waals surface area contributed by atoms with E-state index < -0.39 is 22.0 Å². The minimum atomic E-state index is -3.84. The van der Waals surface area contributed by atoms with Crippen LogP contribution in [0.5, 0.6) is 0 Å². The van der Waals surface area contributed by atoms with Crippen molar-refractivity contribution < 1.29 is 17.7 Å². The van der Waals surface area contributed by atoms with Crippen molar-refractivity contribution in [3.05, 3.63) is 28.3 Å². The summed E-state index contributed by atoms with van der Waals surface area (Å²) in [5, 5.41) is 6.23. The normalized spacial score (nSPS) is 13.2. The standard InChI is InChI=1S/C14H18ClN3O4S2/c1-8(2)6-10(14(19)16-12-7-9(3)22-17-12)18-24(20,21)13-5-4-11(15)23-13/h4-5,7-8,10,18H,6H2,1-3H3,(H,16,17,19)/t10-/m1/s1. The van der Waals surface area contributed by atoms with E-state index in [0.29, 0.717) is 16.5 Å². The van der Waals surface area contributed by atoms with Crippen LogP contribution in [0, 0.1) is 12.8 Å². The molecule has 10 heteroatoms. The summed E-state index contributed by atoms with van der Waals surface area (Å²) in [5.41, 5.74) is 0. The van der Waals surface area contributed by atoms with Gasteiger partial charge in [-0.15, -0.1) is 11.3 Å². The summed E-state index contributed by atoms with van der Waals surface area (Å²) in [6.07, 6.45) is 0.334. The number of anilines is 1. The number of hydrogen-bond acceptors (Lipinski definition) is 6. The Bertz CT molecular complexity index is 814. The third-order valence-corrected chi connectivity index (χ3v) is 6.21. The first-order valence-electron chi connectivity index (χ1n) is 7.19. The van der Waals surface area contributed by atoms with Crippen molar-refractivity contribution in [2.75, 3.05) is 5.32 Å². The molecule has 2 rings (SSSR count). The third kappa shape index (κ3) is 5.04. The average molecular weight is 392 g/mol. The number of carbonyl (C=O) groups is 1. The van der Waals surface area contributed by atoms with Gasteiger partial charge in [0.25, 0.3) is 10.0 Å². The van der Waals surface area contributed by atoms with Crippen LogP contribution in [-0.2, 0) is 14.8 Å². The molecule has 1 amide bonds. The molecular formula is C14H18ClN3O4S2. The number of hydrogen-bond donors (Lipinski definition) is 2. The number of nitrogens with zero attached hydrogens (tertiary/aromatic N) is 1. The number of amides is 1. The Morgan fingerprint density at radius 2 is 2.12 bits per heavy atom. The molecule has 2 heterocycles. The van der Waals surface area contributed by atoms with Crippen LogP contribution >= 0.6 is 22.9 Å². The molecule has 0 spiro atoms. The highest BCUT2D eigenvalue weighted by Gasteiger charge is 2.28. The number of rotatable bonds is 7. The SMILES string of the molecule is Cc1cc(NC(=O)[C@@H](CC(C)C)NS(=O)(=O)c2ccc(Cl)s2)no1. The summed E-state index contributed by atoms with van der Waals surface area (Å²) < 4.78 is 32.6. The quantitative estimate of drug-likeness (QED) is 0.755. The van der Waals surface area contributed by atoms with Gasteiger partial charge in [0.1, 0.15) is 16.0 Å². The maximum atomic E-state index is 12.4. The molecule has 0 radical (unpaired) electrons. The monoisotopic (exact) mass is 391 g/mol. The fourth-order valence-corrected chi connectivity index (χ4v) is 4.71. The highest BCUT2D eigenvalue weighted by molar-refractivity contribution is 7.91. The van der Waals surface area contributed by atoms with Gasteiger partial charge in [0, 0.05) is 6.07 Å². The number of aromatic nitrogens is 1. The fourth-order valence-electron chi connectivity index (χ4n) is 2.01. The average Bonchev–Trinajstić information content (AvgIpc) is 3.06. The van der Waals surface area contributed by atoms with Crippen molar-refractivity contribution in [2.45, 2.75) is 37.4 Å². The highest BCUT2D eigenvalue weighted by Crippen LogP contribution is 2.26. The van der Waals surface area contributed by atoms with E-state index in [1.807, 2.05) is 13.8 Å². The van der Waals surface area contributed by atoms with E-state index >= 15 is 0 Å². The van der Waals surface area contributed by atoms with Gasteiger partial charge in [0.2, 0.25) is 5.91 Å². The maximum absolute atomic E-state index is 12.4. The smallest absolute Gasteiger partial charge is 0.250 e. The van der Waals surface area contributed by atoms with Gasteiger partial charge in [-0.05, 0) is 31.4 Å². The zero-order valence-electron chi connectivity index (χ0n) is 13.4. The van der Waals surface area contributed by atoms with E-state index in [1.54, 1.807) is 13.0 Å². The molecule has 0 aliphatic rings. The summed E-state index contributed by atoms with van der Waals surface area (Å²) in [7, 11) is -3.84. The van der Waals surface area contributed by atoms with Gasteiger partial charge in [-0.1, -0.05) is 30.6 Å². The predicted octanol–water partition coefficient (Wildman–Crippen LogP) is 3.03. The minimum absolute atomic E-state index is 0.0614. The van der Waals surface area contributed by atoms with Crippen LogP contribution in [-0.4, -0.2) is 25.5 Å². The summed E-state index contributed by atoms with van der Waals surface area (Å²) in [6.45, 7) is 5.49. The van der Waals surface area contributed by atoms with Crippen LogP contribution in [0.2, 0.25) is 4.34 Å². The highest BCUT2D eigenvalue weighted by atomic mass is 35.5. The summed E-state index contributed by atoms with van der Waals surface area (Å²) in [5.74, 6) is 0.391. The molecule has 0 aromatic carbocycles. The number of nitrogens with one attached hydrogen (secondary N) is 2. The van der Waals surface area contributed by atoms with Crippen LogP contribution in [0.15, 0.2) is 26.9 Å². The Morgan fingerprint density at radius 1 is 1.42 bits per heavy atom. The number of halogens is 1. The lowest BCUT2D eigenvalue weighted by molar-refractivity contribution is -0.118. The van der Waals surface area contributed by atoms with E-state index in [9.17, 15) is 13.2 Å². The predicted molar refractivity (Wildman–Crippen MR) is 92.8 cm³/mol. The lowest BCUT2D eigenvalue weighted by atomic mass is 10.0. The van der Waals surface area contributed by atoms with Crippen LogP contribution in [0.25, 0.3) is 0 Å². The molecule has 0 aliphatic carbocycles. The maximum Gasteiger partial charge on any atom is 0.250 e. The molecular weight excluding hydrogens is 374 g/mol. The molecule has 7 nitrogen and oxygen atoms in total. The Kier molecular flexibility index (Phi) is 6.02. The molecule has 0 bridgehead atoms. The van der Waals surface area contributed by atoms with E-state index in [0.717, 1.165) is 11.3 Å². The van der Waals surface area contributed by atoms with Crippen LogP contribution < -0.4 is 10.0 Å². The van der Waals surface area contributed by atoms with Gasteiger partial charge in [0.05, 0.1) is 4.34 Å². The van der Waals surface area contributed by atoms with E-state index in [4.69, 9.17) is 16.1 Å². The van der Waals surface area contributed by atoms with Crippen LogP contribution in [0.1, 0.15) is 26.0 Å². The second-order valence-electron chi connectivity index (χ2n) is 5.67. The molecule has 0 saturated carbocycles. The van der Waals surface area contributed by atoms with Gasteiger partial charge in [0.15, 0.2) is 5.82 Å². The zero-order chi connectivity index (χ0) is 17.9. The van der Waals surface area contributed by atoms with Crippen molar-refractivity contribution in [3.63, 3.8) is 0 Å². The molecule has 0 unspecified atom stereocenters. The molecule has 2 aromatic rings. The van der Waals surface area contributed by atoms with Gasteiger partial charge in [-0.2, -0.15) is 4.72 Å². The first kappa shape index (κ1) is 18.9. The van der Waals surface area contributed by atoms with Gasteiger partial charge < -0.3 is 9.84 Å². The Labute approximate surface area is 149 Å². The Hall–Kier alpha value is -1.42. The lowest BCUT2D eigenvalue weighted by Crippen LogP contribution is -2.44. The molecule has 1 atom stereocenters. The van der Waals surface area contributed by atoms with Crippen LogP contribution in [0.3, 0.4) is 0 Å². The number of sulfonamides is 1. The second-order valence-corrected chi connectivity index (χ2v) is 9.33. The van der Waals surface area contributed by atoms with E-state index in [2.05, 4.69) is 15.2 Å². The van der Waals surface area contributed by atoms with Gasteiger partial charge >= 0.3 is 0 Å². The Balaban J connectivity index is 2.16. The molecule has 132 valence electrons. The zero-order valence-corrected chi connectivity index (χ0v) is 15.8. The van der Waals surface area contributed by atoms with Crippen molar-refractivity contribution in [1.82, 2.24) is 9.88 Å². The molecule has 0 fully saturated rings. The number of thiophene rings is 1. The molecule has 0 saturated heterocycles. The number of aryl methyl sites for hydroxylation is 1. The number of carbonyl (C=O) groups excluding carboxylic acids is 1. The summed E-state index contributed by atoms with van der Waals surface area (Å²) >= 11 is 6.72. The first-order chi connectivity index (χ1) is 11.2. The van der Waals surface area contributed by atoms with Crippen molar-refractivity contribution in [3.8, 4) is 0 Å². The van der Waals surface area contributed by atoms with Gasteiger partial charge in [-0.3, -0.25) is 4.79 Å². The van der Waals surface area contributed by atoms with E-state index in [1.165, 1.54) is 12.1 Å².